The summed E-state index contributed by atoms with van der Waals surface area (Å²) in [5.41, 5.74) is 9.53. The fraction of sp³-hybridized carbons (Fsp3) is 0.586. The van der Waals surface area contributed by atoms with Crippen LogP contribution in [0.5, 0.6) is 5.75 Å². The molecule has 86 heavy (non-hydrogen) atoms. The molecule has 28 heteroatoms. The molecule has 0 unspecified atom stereocenters. The maximum absolute atomic E-state index is 13.8. The van der Waals surface area contributed by atoms with Crippen molar-refractivity contribution < 1.29 is 92.5 Å². The van der Waals surface area contributed by atoms with Gasteiger partial charge in [0.05, 0.1) is 156 Å². The summed E-state index contributed by atoms with van der Waals surface area (Å²) in [7, 11) is -3.76. The molecule has 0 aromatic heterocycles. The van der Waals surface area contributed by atoms with Crippen molar-refractivity contribution in [2.75, 3.05) is 178 Å². The molecule has 5 rings (SSSR count). The van der Waals surface area contributed by atoms with Crippen LogP contribution in [0.3, 0.4) is 0 Å². The predicted molar refractivity (Wildman–Crippen MR) is 310 cm³/mol. The Balaban J connectivity index is 0.780. The molecule has 23 nitrogen and oxygen atoms in total. The van der Waals surface area contributed by atoms with Crippen LogP contribution in [0.1, 0.15) is 45.6 Å². The number of hydrogen-bond acceptors (Lipinski definition) is 19. The first-order valence-electron chi connectivity index (χ1n) is 28.8. The van der Waals surface area contributed by atoms with Crippen LogP contribution in [0.15, 0.2) is 69.0 Å². The second kappa shape index (κ2) is 40.7. The Labute approximate surface area is 500 Å². The number of esters is 1. The molecule has 0 saturated carbocycles. The van der Waals surface area contributed by atoms with Gasteiger partial charge in [-0.1, -0.05) is 31.2 Å². The number of amidine groups is 1. The first-order chi connectivity index (χ1) is 41.7. The molecule has 480 valence electrons. The van der Waals surface area contributed by atoms with Gasteiger partial charge in [0.25, 0.3) is 5.91 Å². The van der Waals surface area contributed by atoms with Gasteiger partial charge < -0.3 is 68.5 Å². The number of aliphatic imine (C=N–C) groups is 2. The fourth-order valence-corrected chi connectivity index (χ4v) is 9.76. The molecule has 0 radical (unpaired) electrons. The van der Waals surface area contributed by atoms with E-state index < -0.39 is 51.4 Å². The SMILES string of the molecule is CCCN(OCC)C(=O)C1=Cc2ccc(-c3cccc(S(=O)(=O)N4CC(CN=C(NCC)NCCOCCOCCOCCOCCOCCOCCOCCOCCOCCOCCC(=O)Oc5c(F)c(F)cc(F)c5F)C4)c3)cc2N=C(N)C1. The van der Waals surface area contributed by atoms with Gasteiger partial charge in [0, 0.05) is 68.8 Å². The Bertz CT molecular complexity index is 2700. The Morgan fingerprint density at radius 1 is 0.674 bits per heavy atom. The minimum Gasteiger partial charge on any atom is -0.420 e. The monoisotopic (exact) mass is 1240 g/mol. The normalized spacial score (nSPS) is 13.9. The van der Waals surface area contributed by atoms with Crippen molar-refractivity contribution >= 4 is 45.5 Å². The van der Waals surface area contributed by atoms with Gasteiger partial charge in [-0.25, -0.2) is 27.3 Å². The van der Waals surface area contributed by atoms with Gasteiger partial charge in [-0.2, -0.15) is 13.1 Å². The molecule has 1 amide bonds. The first-order valence-corrected chi connectivity index (χ1v) is 30.3. The van der Waals surface area contributed by atoms with Crippen LogP contribution >= 0.6 is 0 Å². The van der Waals surface area contributed by atoms with Gasteiger partial charge >= 0.3 is 5.97 Å². The number of nitrogens with zero attached hydrogens (tertiary/aromatic N) is 4. The second-order valence-electron chi connectivity index (χ2n) is 19.1. The van der Waals surface area contributed by atoms with E-state index in [1.165, 1.54) is 9.37 Å². The number of ether oxygens (including phenoxy) is 11. The Morgan fingerprint density at radius 2 is 1.19 bits per heavy atom. The third kappa shape index (κ3) is 25.5. The molecule has 0 atom stereocenters. The van der Waals surface area contributed by atoms with E-state index in [0.29, 0.717) is 180 Å². The van der Waals surface area contributed by atoms with Crippen molar-refractivity contribution in [2.24, 2.45) is 21.6 Å². The first kappa shape index (κ1) is 71.0. The Kier molecular flexibility index (Phi) is 33.6. The summed E-state index contributed by atoms with van der Waals surface area (Å²) in [4.78, 5) is 40.1. The molecule has 3 aromatic carbocycles. The maximum Gasteiger partial charge on any atom is 0.313 e. The highest BCUT2D eigenvalue weighted by molar-refractivity contribution is 7.89. The number of amides is 1. The lowest BCUT2D eigenvalue weighted by molar-refractivity contribution is -0.180. The Hall–Kier alpha value is -5.73. The second-order valence-corrected chi connectivity index (χ2v) is 21.0. The number of halogens is 4. The number of hydrogen-bond donors (Lipinski definition) is 3. The summed E-state index contributed by atoms with van der Waals surface area (Å²) >= 11 is 0. The fourth-order valence-electron chi connectivity index (χ4n) is 8.12. The molecular weight excluding hydrogens is 1160 g/mol. The van der Waals surface area contributed by atoms with Crippen molar-refractivity contribution in [3.05, 3.63) is 82.9 Å². The van der Waals surface area contributed by atoms with Crippen molar-refractivity contribution in [3.63, 3.8) is 0 Å². The standard InChI is InChI=1S/C58H83F4N7O16S/c1-4-14-69(84-6-3)57(71)47-35-46-11-10-45(37-51(46)67-52(63)38-47)44-8-7-9-48(36-44)86(72,73)68-41-43(42-68)40-66-58(64-5-2)65-13-16-75-18-20-77-22-24-79-26-28-81-30-32-83-34-33-82-31-29-80-27-25-78-23-21-76-19-17-74-15-12-53(70)85-56-54(61)49(59)39-50(60)55(56)62/h7-11,35-37,39,43H,4-6,12-34,38,40-42H2,1-3H3,(H2,63,67)(H2,64,65,66). The number of hydroxylamine groups is 2. The van der Waals surface area contributed by atoms with Gasteiger partial charge in [0.1, 0.15) is 5.84 Å². The zero-order valence-corrected chi connectivity index (χ0v) is 50.1. The number of nitrogens with one attached hydrogen (secondary N) is 2. The highest BCUT2D eigenvalue weighted by Crippen LogP contribution is 2.34. The molecule has 2 heterocycles. The predicted octanol–water partition coefficient (Wildman–Crippen LogP) is 5.21. The summed E-state index contributed by atoms with van der Waals surface area (Å²) in [5.74, 6) is -8.82. The minimum atomic E-state index is -3.76. The van der Waals surface area contributed by atoms with Crippen LogP contribution in [0, 0.1) is 29.2 Å². The molecule has 4 N–H and O–H groups in total. The maximum atomic E-state index is 13.8. The number of carbonyl (C=O) groups excluding carboxylic acids is 2. The molecule has 1 fully saturated rings. The summed E-state index contributed by atoms with van der Waals surface area (Å²) in [6, 6.07) is 12.5. The van der Waals surface area contributed by atoms with E-state index in [1.54, 1.807) is 24.3 Å². The lowest BCUT2D eigenvalue weighted by atomic mass is 10.0. The summed E-state index contributed by atoms with van der Waals surface area (Å²) in [5, 5.41) is 7.85. The zero-order chi connectivity index (χ0) is 61.8. The minimum absolute atomic E-state index is 0.0143. The van der Waals surface area contributed by atoms with Gasteiger partial charge in [-0.3, -0.25) is 19.4 Å². The lowest BCUT2D eigenvalue weighted by Gasteiger charge is -2.37. The van der Waals surface area contributed by atoms with E-state index >= 15 is 0 Å². The van der Waals surface area contributed by atoms with Gasteiger partial charge in [0.15, 0.2) is 17.6 Å². The molecule has 1 saturated heterocycles. The smallest absolute Gasteiger partial charge is 0.313 e. The number of guanidine groups is 1. The highest BCUT2D eigenvalue weighted by Gasteiger charge is 2.37. The van der Waals surface area contributed by atoms with E-state index in [1.807, 2.05) is 45.0 Å². The van der Waals surface area contributed by atoms with Crippen molar-refractivity contribution in [1.29, 1.82) is 0 Å². The number of fused-ring (bicyclic) bond motifs is 1. The summed E-state index contributed by atoms with van der Waals surface area (Å²) < 4.78 is 142. The van der Waals surface area contributed by atoms with Gasteiger partial charge in [0.2, 0.25) is 27.4 Å². The van der Waals surface area contributed by atoms with Crippen LogP contribution in [0.2, 0.25) is 0 Å². The van der Waals surface area contributed by atoms with E-state index in [-0.39, 0.29) is 55.6 Å². The molecule has 3 aromatic rings. The third-order valence-corrected chi connectivity index (χ3v) is 14.2. The number of rotatable bonds is 45. The van der Waals surface area contributed by atoms with E-state index in [2.05, 4.69) is 20.4 Å². The van der Waals surface area contributed by atoms with Crippen molar-refractivity contribution in [2.45, 2.75) is 44.9 Å². The van der Waals surface area contributed by atoms with E-state index in [9.17, 15) is 35.6 Å². The average molecular weight is 1240 g/mol. The number of sulfonamides is 1. The Morgan fingerprint density at radius 3 is 1.70 bits per heavy atom. The van der Waals surface area contributed by atoms with Crippen molar-refractivity contribution in [1.82, 2.24) is 20.0 Å². The van der Waals surface area contributed by atoms with Gasteiger partial charge in [-0.05, 0) is 55.7 Å². The largest absolute Gasteiger partial charge is 0.420 e. The molecule has 2 aliphatic rings. The number of carbonyl (C=O) groups is 2. The average Bonchev–Trinajstić information content (AvgIpc) is 1.41. The molecule has 2 aliphatic heterocycles. The van der Waals surface area contributed by atoms with E-state index in [4.69, 9.17) is 62.9 Å². The molecule has 0 spiro atoms. The molecule has 0 aliphatic carbocycles. The van der Waals surface area contributed by atoms with Crippen LogP contribution in [0.25, 0.3) is 17.2 Å². The summed E-state index contributed by atoms with van der Waals surface area (Å²) in [6.45, 7) is 15.8. The van der Waals surface area contributed by atoms with Crippen molar-refractivity contribution in [3.8, 4) is 16.9 Å². The quantitative estimate of drug-likeness (QED) is 0.00958. The zero-order valence-electron chi connectivity index (χ0n) is 49.3. The molecular formula is C58H83F4N7O16S. The van der Waals surface area contributed by atoms with E-state index in [0.717, 1.165) is 17.5 Å². The van der Waals surface area contributed by atoms with Crippen LogP contribution in [0.4, 0.5) is 23.2 Å². The highest BCUT2D eigenvalue weighted by atomic mass is 32.2. The van der Waals surface area contributed by atoms with Crippen LogP contribution in [-0.4, -0.2) is 219 Å². The topological polar surface area (TPSA) is 260 Å². The summed E-state index contributed by atoms with van der Waals surface area (Å²) in [6.07, 6.45) is 2.29. The van der Waals surface area contributed by atoms with Crippen LogP contribution in [-0.2, 0) is 71.8 Å². The van der Waals surface area contributed by atoms with Gasteiger partial charge in [-0.15, -0.1) is 0 Å². The third-order valence-electron chi connectivity index (χ3n) is 12.4. The number of nitrogens with two attached hydrogens (primary N) is 1. The lowest BCUT2D eigenvalue weighted by Crippen LogP contribution is -2.51. The number of benzene rings is 3. The van der Waals surface area contributed by atoms with Crippen LogP contribution < -0.4 is 21.1 Å². The molecule has 0 bridgehead atoms.